The van der Waals surface area contributed by atoms with Crippen molar-refractivity contribution < 1.29 is 4.74 Å². The Bertz CT molecular complexity index is 653. The molecule has 0 fully saturated rings. The maximum absolute atomic E-state index is 9.26. The highest BCUT2D eigenvalue weighted by molar-refractivity contribution is 5.76. The highest BCUT2D eigenvalue weighted by Gasteiger charge is 2.19. The summed E-state index contributed by atoms with van der Waals surface area (Å²) in [6.45, 7) is 0. The van der Waals surface area contributed by atoms with Crippen LogP contribution in [-0.2, 0) is 12.8 Å². The minimum atomic E-state index is 0.735. The minimum Gasteiger partial charge on any atom is -0.497 e. The molecule has 2 aromatic carbocycles. The Labute approximate surface area is 106 Å². The van der Waals surface area contributed by atoms with Gasteiger partial charge in [-0.25, -0.2) is 0 Å². The molecule has 1 aliphatic rings. The van der Waals surface area contributed by atoms with Crippen LogP contribution in [0.4, 0.5) is 0 Å². The maximum Gasteiger partial charge on any atom is 0.120 e. The largest absolute Gasteiger partial charge is 0.497 e. The summed E-state index contributed by atoms with van der Waals surface area (Å²) in [6.07, 6.45) is 1.93. The van der Waals surface area contributed by atoms with Crippen LogP contribution in [0.5, 0.6) is 5.75 Å². The zero-order valence-corrected chi connectivity index (χ0v) is 10.2. The van der Waals surface area contributed by atoms with Crippen molar-refractivity contribution in [1.29, 1.82) is 5.26 Å². The third-order valence-corrected chi connectivity index (χ3v) is 3.53. The van der Waals surface area contributed by atoms with Crippen LogP contribution in [0.1, 0.15) is 16.7 Å². The fourth-order valence-electron chi connectivity index (χ4n) is 2.63. The van der Waals surface area contributed by atoms with E-state index >= 15 is 0 Å². The Morgan fingerprint density at radius 2 is 1.94 bits per heavy atom. The summed E-state index contributed by atoms with van der Waals surface area (Å²) in [7, 11) is 1.64. The molecule has 0 saturated carbocycles. The van der Waals surface area contributed by atoms with E-state index in [1.807, 2.05) is 18.2 Å². The van der Waals surface area contributed by atoms with E-state index in [2.05, 4.69) is 24.3 Å². The van der Waals surface area contributed by atoms with E-state index in [1.165, 1.54) is 11.1 Å². The molecular formula is C16H13NO. The van der Waals surface area contributed by atoms with E-state index in [0.717, 1.165) is 35.3 Å². The average Bonchev–Trinajstić information content (AvgIpc) is 2.45. The van der Waals surface area contributed by atoms with Crippen molar-refractivity contribution in [2.75, 3.05) is 7.11 Å². The summed E-state index contributed by atoms with van der Waals surface area (Å²) in [6, 6.07) is 14.5. The molecule has 0 unspecified atom stereocenters. The second-order valence-corrected chi connectivity index (χ2v) is 4.47. The van der Waals surface area contributed by atoms with Crippen molar-refractivity contribution >= 4 is 0 Å². The van der Waals surface area contributed by atoms with Gasteiger partial charge in [-0.3, -0.25) is 0 Å². The Morgan fingerprint density at radius 3 is 2.72 bits per heavy atom. The van der Waals surface area contributed by atoms with Gasteiger partial charge in [0.1, 0.15) is 5.75 Å². The molecule has 88 valence electrons. The van der Waals surface area contributed by atoms with Crippen LogP contribution in [0.15, 0.2) is 36.4 Å². The van der Waals surface area contributed by atoms with Gasteiger partial charge in [0.05, 0.1) is 18.7 Å². The normalized spacial score (nSPS) is 12.2. The molecule has 0 N–H and O–H groups in total. The first-order chi connectivity index (χ1) is 8.83. The number of benzene rings is 2. The van der Waals surface area contributed by atoms with Crippen molar-refractivity contribution in [3.8, 4) is 22.9 Å². The Hall–Kier alpha value is -2.27. The molecule has 2 nitrogen and oxygen atoms in total. The summed E-state index contributed by atoms with van der Waals surface area (Å²) in [5.41, 5.74) is 5.61. The molecule has 2 aromatic rings. The van der Waals surface area contributed by atoms with Gasteiger partial charge in [0.25, 0.3) is 0 Å². The highest BCUT2D eigenvalue weighted by Crippen LogP contribution is 2.37. The fraction of sp³-hybridized carbons (Fsp3) is 0.188. The van der Waals surface area contributed by atoms with Gasteiger partial charge in [0, 0.05) is 0 Å². The van der Waals surface area contributed by atoms with Crippen molar-refractivity contribution in [3.63, 3.8) is 0 Å². The van der Waals surface area contributed by atoms with Gasteiger partial charge in [0.15, 0.2) is 0 Å². The molecule has 0 bridgehead atoms. The van der Waals surface area contributed by atoms with Gasteiger partial charge in [0.2, 0.25) is 0 Å². The number of hydrogen-bond donors (Lipinski definition) is 0. The standard InChI is InChI=1S/C16H13NO/c1-18-13-8-12(10-17)15-7-6-11-4-2-3-5-14(11)16(15)9-13/h2-5,8-9H,6-7H2,1H3. The molecule has 0 aromatic heterocycles. The zero-order chi connectivity index (χ0) is 12.5. The van der Waals surface area contributed by atoms with E-state index in [1.54, 1.807) is 7.11 Å². The van der Waals surface area contributed by atoms with Gasteiger partial charge in [-0.1, -0.05) is 24.3 Å². The Kier molecular flexibility index (Phi) is 2.53. The van der Waals surface area contributed by atoms with Crippen molar-refractivity contribution in [1.82, 2.24) is 0 Å². The monoisotopic (exact) mass is 235 g/mol. The van der Waals surface area contributed by atoms with Crippen LogP contribution in [0.3, 0.4) is 0 Å². The zero-order valence-electron chi connectivity index (χ0n) is 10.2. The van der Waals surface area contributed by atoms with Crippen LogP contribution >= 0.6 is 0 Å². The van der Waals surface area contributed by atoms with E-state index in [9.17, 15) is 5.26 Å². The number of nitrogens with zero attached hydrogens (tertiary/aromatic N) is 1. The highest BCUT2D eigenvalue weighted by atomic mass is 16.5. The smallest absolute Gasteiger partial charge is 0.120 e. The minimum absolute atomic E-state index is 0.735. The van der Waals surface area contributed by atoms with Crippen molar-refractivity contribution in [2.45, 2.75) is 12.8 Å². The fourth-order valence-corrected chi connectivity index (χ4v) is 2.63. The number of rotatable bonds is 1. The number of fused-ring (bicyclic) bond motifs is 3. The van der Waals surface area contributed by atoms with Gasteiger partial charge in [-0.2, -0.15) is 5.26 Å². The summed E-state index contributed by atoms with van der Waals surface area (Å²) in [5, 5.41) is 9.26. The van der Waals surface area contributed by atoms with Crippen LogP contribution < -0.4 is 4.74 Å². The van der Waals surface area contributed by atoms with Crippen LogP contribution in [-0.4, -0.2) is 7.11 Å². The molecule has 0 saturated heterocycles. The lowest BCUT2D eigenvalue weighted by Crippen LogP contribution is -2.06. The second-order valence-electron chi connectivity index (χ2n) is 4.47. The lowest BCUT2D eigenvalue weighted by molar-refractivity contribution is 0.414. The number of nitriles is 1. The van der Waals surface area contributed by atoms with Crippen molar-refractivity contribution in [2.24, 2.45) is 0 Å². The van der Waals surface area contributed by atoms with Crippen LogP contribution in [0.2, 0.25) is 0 Å². The first-order valence-electron chi connectivity index (χ1n) is 6.03. The van der Waals surface area contributed by atoms with Crippen LogP contribution in [0, 0.1) is 11.3 Å². The third-order valence-electron chi connectivity index (χ3n) is 3.53. The number of aryl methyl sites for hydroxylation is 1. The second kappa shape index (κ2) is 4.19. The SMILES string of the molecule is COc1cc(C#N)c2c(c1)-c1ccccc1CC2. The molecule has 0 heterocycles. The summed E-state index contributed by atoms with van der Waals surface area (Å²) in [4.78, 5) is 0. The molecule has 18 heavy (non-hydrogen) atoms. The predicted octanol–water partition coefficient (Wildman–Crippen LogP) is 3.33. The number of ether oxygens (including phenoxy) is 1. The lowest BCUT2D eigenvalue weighted by Gasteiger charge is -2.21. The van der Waals surface area contributed by atoms with Gasteiger partial charge >= 0.3 is 0 Å². The van der Waals surface area contributed by atoms with E-state index < -0.39 is 0 Å². The third kappa shape index (κ3) is 1.56. The first kappa shape index (κ1) is 10.9. The first-order valence-corrected chi connectivity index (χ1v) is 6.03. The van der Waals surface area contributed by atoms with Crippen LogP contribution in [0.25, 0.3) is 11.1 Å². The maximum atomic E-state index is 9.26. The molecular weight excluding hydrogens is 222 g/mol. The lowest BCUT2D eigenvalue weighted by atomic mass is 9.83. The van der Waals surface area contributed by atoms with E-state index in [-0.39, 0.29) is 0 Å². The van der Waals surface area contributed by atoms with E-state index in [0.29, 0.717) is 0 Å². The number of hydrogen-bond acceptors (Lipinski definition) is 2. The topological polar surface area (TPSA) is 33.0 Å². The summed E-state index contributed by atoms with van der Waals surface area (Å²) in [5.74, 6) is 0.752. The van der Waals surface area contributed by atoms with Crippen molar-refractivity contribution in [3.05, 3.63) is 53.1 Å². The Morgan fingerprint density at radius 1 is 1.11 bits per heavy atom. The van der Waals surface area contributed by atoms with Gasteiger partial charge < -0.3 is 4.74 Å². The van der Waals surface area contributed by atoms with E-state index in [4.69, 9.17) is 4.74 Å². The molecule has 0 atom stereocenters. The summed E-state index contributed by atoms with van der Waals surface area (Å²) < 4.78 is 5.29. The molecule has 1 aliphatic carbocycles. The molecule has 0 amide bonds. The average molecular weight is 235 g/mol. The molecule has 3 rings (SSSR count). The molecule has 0 spiro atoms. The van der Waals surface area contributed by atoms with Gasteiger partial charge in [-0.15, -0.1) is 0 Å². The molecule has 2 heteroatoms. The molecule has 0 aliphatic heterocycles. The summed E-state index contributed by atoms with van der Waals surface area (Å²) >= 11 is 0. The quantitative estimate of drug-likeness (QED) is 0.759. The number of methoxy groups -OCH3 is 1. The predicted molar refractivity (Wildman–Crippen MR) is 70.6 cm³/mol. The molecule has 0 radical (unpaired) electrons. The van der Waals surface area contributed by atoms with Gasteiger partial charge in [-0.05, 0) is 47.2 Å². The Balaban J connectivity index is 2.30.